The zero-order valence-corrected chi connectivity index (χ0v) is 18.7. The molecule has 2 aromatic carbocycles. The monoisotopic (exact) mass is 468 g/mol. The maximum atomic E-state index is 11.5. The number of amides is 1. The van der Waals surface area contributed by atoms with E-state index in [1.807, 2.05) is 6.07 Å². The van der Waals surface area contributed by atoms with Gasteiger partial charge in [0.25, 0.3) is 0 Å². The number of carbonyl (C=O) groups is 1. The number of halogens is 4. The number of hydrogen-bond acceptors (Lipinski definition) is 2. The summed E-state index contributed by atoms with van der Waals surface area (Å²) in [5.74, 6) is -0.294. The minimum absolute atomic E-state index is 0.294. The van der Waals surface area contributed by atoms with Crippen LogP contribution >= 0.6 is 46.4 Å². The van der Waals surface area contributed by atoms with Gasteiger partial charge in [-0.15, -0.1) is 0 Å². The zero-order chi connectivity index (χ0) is 21.2. The molecule has 2 fully saturated rings. The first kappa shape index (κ1) is 22.2. The molecule has 7 heteroatoms. The first-order valence-electron chi connectivity index (χ1n) is 9.36. The average Bonchev–Trinajstić information content (AvgIpc) is 2.57. The Labute approximate surface area is 190 Å². The fourth-order valence-electron chi connectivity index (χ4n) is 3.91. The van der Waals surface area contributed by atoms with E-state index >= 15 is 0 Å². The summed E-state index contributed by atoms with van der Waals surface area (Å²) in [6, 6.07) is 12.9. The first-order valence-corrected chi connectivity index (χ1v) is 10.9. The van der Waals surface area contributed by atoms with E-state index in [0.29, 0.717) is 20.1 Å². The van der Waals surface area contributed by atoms with E-state index in [9.17, 15) is 4.79 Å². The summed E-state index contributed by atoms with van der Waals surface area (Å²) in [6.45, 7) is 0. The first-order chi connectivity index (χ1) is 13.7. The molecule has 2 aromatic rings. The number of primary amides is 1. The van der Waals surface area contributed by atoms with Crippen LogP contribution in [0.5, 0.6) is 0 Å². The Morgan fingerprint density at radius 2 is 1.34 bits per heavy atom. The van der Waals surface area contributed by atoms with E-state index in [-0.39, 0.29) is 11.3 Å². The van der Waals surface area contributed by atoms with Gasteiger partial charge in [-0.3, -0.25) is 4.79 Å². The smallest absolute Gasteiger partial charge is 0.228 e. The summed E-state index contributed by atoms with van der Waals surface area (Å²) >= 11 is 23.8. The lowest BCUT2D eigenvalue weighted by Gasteiger charge is -2.39. The maximum Gasteiger partial charge on any atom is 0.228 e. The van der Waals surface area contributed by atoms with Crippen molar-refractivity contribution in [1.29, 1.82) is 5.26 Å². The maximum absolute atomic E-state index is 11.5. The lowest BCUT2D eigenvalue weighted by atomic mass is 9.64. The van der Waals surface area contributed by atoms with Crippen molar-refractivity contribution in [2.24, 2.45) is 5.73 Å². The van der Waals surface area contributed by atoms with Crippen molar-refractivity contribution < 1.29 is 4.79 Å². The summed E-state index contributed by atoms with van der Waals surface area (Å²) in [4.78, 5) is 11.5. The van der Waals surface area contributed by atoms with Gasteiger partial charge in [-0.2, -0.15) is 5.26 Å². The van der Waals surface area contributed by atoms with Crippen LogP contribution in [0, 0.1) is 11.3 Å². The van der Waals surface area contributed by atoms with Gasteiger partial charge in [0, 0.05) is 20.1 Å². The third-order valence-electron chi connectivity index (χ3n) is 5.99. The largest absolute Gasteiger partial charge is 0.369 e. The SMILES string of the molecule is N#CC1(c2ccc(Cl)cc2Cl)CCC1.NC(=O)C1(c2ccc(Cl)cc2Cl)CCC1. The highest BCUT2D eigenvalue weighted by molar-refractivity contribution is 6.35. The fourth-order valence-corrected chi connectivity index (χ4v) is 5.08. The summed E-state index contributed by atoms with van der Waals surface area (Å²) in [7, 11) is 0. The number of nitrogens with zero attached hydrogens (tertiary/aromatic N) is 1. The third-order valence-corrected chi connectivity index (χ3v) is 7.09. The molecule has 2 N–H and O–H groups in total. The number of rotatable bonds is 3. The van der Waals surface area contributed by atoms with Crippen LogP contribution in [0.4, 0.5) is 0 Å². The second-order valence-corrected chi connectivity index (χ2v) is 9.28. The molecule has 3 nitrogen and oxygen atoms in total. The molecular weight excluding hydrogens is 450 g/mol. The van der Waals surface area contributed by atoms with Gasteiger partial charge in [0.05, 0.1) is 16.9 Å². The van der Waals surface area contributed by atoms with Gasteiger partial charge in [-0.25, -0.2) is 0 Å². The van der Waals surface area contributed by atoms with Gasteiger partial charge in [0.2, 0.25) is 5.91 Å². The highest BCUT2D eigenvalue weighted by Crippen LogP contribution is 2.47. The average molecular weight is 470 g/mol. The van der Waals surface area contributed by atoms with E-state index in [1.165, 1.54) is 0 Å². The lowest BCUT2D eigenvalue weighted by Crippen LogP contribution is -2.46. The molecule has 0 bridgehead atoms. The summed E-state index contributed by atoms with van der Waals surface area (Å²) in [6.07, 6.45) is 5.50. The molecule has 2 aliphatic carbocycles. The van der Waals surface area contributed by atoms with Gasteiger partial charge in [0.1, 0.15) is 0 Å². The zero-order valence-electron chi connectivity index (χ0n) is 15.7. The molecule has 0 heterocycles. The van der Waals surface area contributed by atoms with E-state index in [4.69, 9.17) is 57.4 Å². The second kappa shape index (κ2) is 8.74. The molecule has 0 spiro atoms. The van der Waals surface area contributed by atoms with Crippen molar-refractivity contribution in [3.05, 3.63) is 67.6 Å². The molecule has 29 heavy (non-hydrogen) atoms. The van der Waals surface area contributed by atoms with Crippen molar-refractivity contribution in [2.75, 3.05) is 0 Å². The van der Waals surface area contributed by atoms with Crippen molar-refractivity contribution >= 4 is 52.3 Å². The molecule has 0 unspecified atom stereocenters. The number of nitriles is 1. The summed E-state index contributed by atoms with van der Waals surface area (Å²) in [5, 5.41) is 11.5. The van der Waals surface area contributed by atoms with Crippen LogP contribution in [0.2, 0.25) is 20.1 Å². The molecular formula is C22H20Cl4N2O. The topological polar surface area (TPSA) is 66.9 Å². The predicted octanol–water partition coefficient (Wildman–Crippen LogP) is 6.84. The van der Waals surface area contributed by atoms with Gasteiger partial charge < -0.3 is 5.73 Å². The molecule has 1 amide bonds. The van der Waals surface area contributed by atoms with Crippen molar-refractivity contribution in [1.82, 2.24) is 0 Å². The molecule has 0 saturated heterocycles. The van der Waals surface area contributed by atoms with Crippen LogP contribution in [0.15, 0.2) is 36.4 Å². The van der Waals surface area contributed by atoms with Gasteiger partial charge in [-0.05, 0) is 67.5 Å². The predicted molar refractivity (Wildman–Crippen MR) is 119 cm³/mol. The highest BCUT2D eigenvalue weighted by atomic mass is 35.5. The normalized spacial score (nSPS) is 18.3. The van der Waals surface area contributed by atoms with E-state index < -0.39 is 5.41 Å². The molecule has 0 atom stereocenters. The molecule has 2 saturated carbocycles. The van der Waals surface area contributed by atoms with Gasteiger partial charge in [-0.1, -0.05) is 65.0 Å². The van der Waals surface area contributed by atoms with Crippen molar-refractivity contribution in [3.63, 3.8) is 0 Å². The van der Waals surface area contributed by atoms with Crippen molar-refractivity contribution in [2.45, 2.75) is 49.4 Å². The molecule has 0 aliphatic heterocycles. The minimum Gasteiger partial charge on any atom is -0.369 e. The Morgan fingerprint density at radius 3 is 1.66 bits per heavy atom. The standard InChI is InChI=1S/C11H11Cl2NO.C11H9Cl2N/c12-7-2-3-8(9(13)6-7)11(10(14)15)4-1-5-11;12-8-2-3-9(10(13)6-8)11(7-14)4-1-5-11/h2-3,6H,1,4-5H2,(H2,14,15);2-3,6H,1,4-5H2. The Morgan fingerprint density at radius 1 is 0.862 bits per heavy atom. The molecule has 0 aromatic heterocycles. The highest BCUT2D eigenvalue weighted by Gasteiger charge is 2.45. The van der Waals surface area contributed by atoms with Crippen LogP contribution in [0.3, 0.4) is 0 Å². The van der Waals surface area contributed by atoms with E-state index in [1.54, 1.807) is 30.3 Å². The Balaban J connectivity index is 0.000000166. The molecule has 0 radical (unpaired) electrons. The Kier molecular flexibility index (Phi) is 6.70. The molecule has 152 valence electrons. The fraction of sp³-hybridized carbons (Fsp3) is 0.364. The number of nitrogens with two attached hydrogens (primary N) is 1. The summed E-state index contributed by atoms with van der Waals surface area (Å²) in [5.41, 5.74) is 6.28. The second-order valence-electron chi connectivity index (χ2n) is 7.60. The van der Waals surface area contributed by atoms with Crippen LogP contribution in [-0.2, 0) is 15.6 Å². The number of carbonyl (C=O) groups excluding carboxylic acids is 1. The van der Waals surface area contributed by atoms with Gasteiger partial charge in [0.15, 0.2) is 0 Å². The lowest BCUT2D eigenvalue weighted by molar-refractivity contribution is -0.126. The van der Waals surface area contributed by atoms with Crippen molar-refractivity contribution in [3.8, 4) is 6.07 Å². The molecule has 2 aliphatic rings. The Bertz CT molecular complexity index is 975. The quantitative estimate of drug-likeness (QED) is 0.534. The molecule has 4 rings (SSSR count). The van der Waals surface area contributed by atoms with Gasteiger partial charge >= 0.3 is 0 Å². The van der Waals surface area contributed by atoms with Crippen LogP contribution in [-0.4, -0.2) is 5.91 Å². The van der Waals surface area contributed by atoms with Crippen LogP contribution < -0.4 is 5.73 Å². The van der Waals surface area contributed by atoms with E-state index in [0.717, 1.165) is 49.7 Å². The van der Waals surface area contributed by atoms with E-state index in [2.05, 4.69) is 6.07 Å². The summed E-state index contributed by atoms with van der Waals surface area (Å²) < 4.78 is 0. The van der Waals surface area contributed by atoms with Crippen LogP contribution in [0.1, 0.15) is 49.7 Å². The number of hydrogen-bond donors (Lipinski definition) is 1. The van der Waals surface area contributed by atoms with Crippen LogP contribution in [0.25, 0.3) is 0 Å². The third kappa shape index (κ3) is 4.23. The number of benzene rings is 2. The Hall–Kier alpha value is -1.44. The minimum atomic E-state index is -0.554.